The summed E-state index contributed by atoms with van der Waals surface area (Å²) in [5.41, 5.74) is -0.785. The summed E-state index contributed by atoms with van der Waals surface area (Å²) < 4.78 is 20.6. The largest absolute Gasteiger partial charge is 0.444 e. The van der Waals surface area contributed by atoms with Gasteiger partial charge in [-0.25, -0.2) is 9.18 Å². The standard InChI is InChI=1S/C19H26FNO2/c1-17(2,3)23-16(22)21-13-18(14-21)9-11-19(20,12-10-18)15-7-5-4-6-8-15/h4-8H,9-14H2,1-3H3. The summed E-state index contributed by atoms with van der Waals surface area (Å²) in [5, 5.41) is 0. The maximum atomic E-state index is 15.2. The van der Waals surface area contributed by atoms with Crippen molar-refractivity contribution < 1.29 is 13.9 Å². The summed E-state index contributed by atoms with van der Waals surface area (Å²) in [5.74, 6) is 0. The van der Waals surface area contributed by atoms with Gasteiger partial charge in [-0.2, -0.15) is 0 Å². The first kappa shape index (κ1) is 16.3. The number of carbonyl (C=O) groups is 1. The molecule has 1 aliphatic heterocycles. The molecule has 1 heterocycles. The summed E-state index contributed by atoms with van der Waals surface area (Å²) in [6.45, 7) is 7.02. The van der Waals surface area contributed by atoms with Gasteiger partial charge in [0.25, 0.3) is 0 Å². The van der Waals surface area contributed by atoms with Crippen molar-refractivity contribution in [2.24, 2.45) is 5.41 Å². The zero-order valence-corrected chi connectivity index (χ0v) is 14.3. The Morgan fingerprint density at radius 1 is 1.09 bits per heavy atom. The van der Waals surface area contributed by atoms with Crippen LogP contribution in [0.15, 0.2) is 30.3 Å². The van der Waals surface area contributed by atoms with E-state index in [4.69, 9.17) is 4.74 Å². The van der Waals surface area contributed by atoms with Gasteiger partial charge in [0.1, 0.15) is 11.3 Å². The topological polar surface area (TPSA) is 29.5 Å². The van der Waals surface area contributed by atoms with Crippen LogP contribution in [0.3, 0.4) is 0 Å². The second kappa shape index (κ2) is 5.50. The minimum atomic E-state index is -1.21. The first-order valence-electron chi connectivity index (χ1n) is 8.44. The number of halogens is 1. The predicted molar refractivity (Wildman–Crippen MR) is 87.9 cm³/mol. The highest BCUT2D eigenvalue weighted by Crippen LogP contribution is 2.51. The molecule has 1 saturated heterocycles. The second-order valence-corrected chi connectivity index (χ2v) is 8.17. The third kappa shape index (κ3) is 3.36. The lowest BCUT2D eigenvalue weighted by atomic mass is 9.64. The monoisotopic (exact) mass is 319 g/mol. The fraction of sp³-hybridized carbons (Fsp3) is 0.632. The van der Waals surface area contributed by atoms with E-state index in [-0.39, 0.29) is 11.5 Å². The van der Waals surface area contributed by atoms with Gasteiger partial charge in [-0.1, -0.05) is 30.3 Å². The number of nitrogens with zero attached hydrogens (tertiary/aromatic N) is 1. The van der Waals surface area contributed by atoms with Crippen LogP contribution in [0, 0.1) is 5.41 Å². The van der Waals surface area contributed by atoms with Crippen LogP contribution < -0.4 is 0 Å². The Bertz CT molecular complexity index is 563. The van der Waals surface area contributed by atoms with Crippen molar-refractivity contribution in [1.82, 2.24) is 4.90 Å². The Balaban J connectivity index is 1.56. The molecular formula is C19H26FNO2. The number of hydrogen-bond acceptors (Lipinski definition) is 2. The van der Waals surface area contributed by atoms with E-state index in [1.54, 1.807) is 4.90 Å². The van der Waals surface area contributed by atoms with Crippen molar-refractivity contribution in [2.45, 2.75) is 57.7 Å². The summed E-state index contributed by atoms with van der Waals surface area (Å²) in [6, 6.07) is 9.47. The van der Waals surface area contributed by atoms with Gasteiger partial charge < -0.3 is 9.64 Å². The molecule has 1 aliphatic carbocycles. The number of rotatable bonds is 1. The van der Waals surface area contributed by atoms with E-state index in [1.165, 1.54) is 0 Å². The maximum absolute atomic E-state index is 15.2. The van der Waals surface area contributed by atoms with Gasteiger partial charge in [0.05, 0.1) is 0 Å². The number of likely N-dealkylation sites (tertiary alicyclic amines) is 1. The SMILES string of the molecule is CC(C)(C)OC(=O)N1CC2(CCC(F)(c3ccccc3)CC2)C1. The zero-order chi connectivity index (χ0) is 16.7. The van der Waals surface area contributed by atoms with Crippen LogP contribution >= 0.6 is 0 Å². The number of carbonyl (C=O) groups excluding carboxylic acids is 1. The lowest BCUT2D eigenvalue weighted by Gasteiger charge is -2.54. The molecule has 1 aromatic carbocycles. The Hall–Kier alpha value is -1.58. The van der Waals surface area contributed by atoms with E-state index in [2.05, 4.69) is 0 Å². The average molecular weight is 319 g/mol. The molecule has 0 N–H and O–H groups in total. The van der Waals surface area contributed by atoms with Crippen molar-refractivity contribution in [1.29, 1.82) is 0 Å². The predicted octanol–water partition coefficient (Wildman–Crippen LogP) is 4.66. The van der Waals surface area contributed by atoms with E-state index in [0.717, 1.165) is 18.4 Å². The minimum Gasteiger partial charge on any atom is -0.444 e. The van der Waals surface area contributed by atoms with Crippen LogP contribution in [-0.2, 0) is 10.4 Å². The van der Waals surface area contributed by atoms with Gasteiger partial charge in [-0.05, 0) is 52.0 Å². The van der Waals surface area contributed by atoms with E-state index >= 15 is 4.39 Å². The minimum absolute atomic E-state index is 0.0985. The first-order chi connectivity index (χ1) is 10.7. The molecule has 0 bridgehead atoms. The highest BCUT2D eigenvalue weighted by Gasteiger charge is 2.51. The molecule has 3 nitrogen and oxygen atoms in total. The van der Waals surface area contributed by atoms with Crippen molar-refractivity contribution >= 4 is 6.09 Å². The van der Waals surface area contributed by atoms with Gasteiger partial charge >= 0.3 is 6.09 Å². The number of ether oxygens (including phenoxy) is 1. The number of alkyl halides is 1. The molecule has 2 fully saturated rings. The van der Waals surface area contributed by atoms with Gasteiger partial charge in [0.15, 0.2) is 0 Å². The van der Waals surface area contributed by atoms with Gasteiger partial charge in [-0.3, -0.25) is 0 Å². The van der Waals surface area contributed by atoms with Gasteiger partial charge in [-0.15, -0.1) is 0 Å². The molecule has 0 aromatic heterocycles. The number of benzene rings is 1. The lowest BCUT2D eigenvalue weighted by molar-refractivity contribution is -0.0728. The second-order valence-electron chi connectivity index (χ2n) is 8.17. The third-order valence-electron chi connectivity index (χ3n) is 5.10. The molecule has 23 heavy (non-hydrogen) atoms. The molecule has 0 atom stereocenters. The Kier molecular flexibility index (Phi) is 3.89. The van der Waals surface area contributed by atoms with Crippen molar-refractivity contribution in [2.75, 3.05) is 13.1 Å². The van der Waals surface area contributed by atoms with Gasteiger partial charge in [0.2, 0.25) is 0 Å². The molecule has 126 valence electrons. The first-order valence-corrected chi connectivity index (χ1v) is 8.44. The van der Waals surface area contributed by atoms with E-state index in [1.807, 2.05) is 51.1 Å². The quantitative estimate of drug-likeness (QED) is 0.753. The summed E-state index contributed by atoms with van der Waals surface area (Å²) >= 11 is 0. The molecule has 1 spiro atoms. The normalized spacial score (nSPS) is 22.5. The van der Waals surface area contributed by atoms with E-state index in [9.17, 15) is 4.79 Å². The van der Waals surface area contributed by atoms with Gasteiger partial charge in [0, 0.05) is 18.5 Å². The molecule has 0 radical (unpaired) electrons. The van der Waals surface area contributed by atoms with Crippen LogP contribution in [0.2, 0.25) is 0 Å². The van der Waals surface area contributed by atoms with Crippen LogP contribution in [0.4, 0.5) is 9.18 Å². The highest BCUT2D eigenvalue weighted by atomic mass is 19.1. The maximum Gasteiger partial charge on any atom is 0.410 e. The molecule has 0 unspecified atom stereocenters. The smallest absolute Gasteiger partial charge is 0.410 e. The number of amides is 1. The van der Waals surface area contributed by atoms with Crippen molar-refractivity contribution in [3.05, 3.63) is 35.9 Å². The fourth-order valence-corrected chi connectivity index (χ4v) is 3.74. The van der Waals surface area contributed by atoms with Crippen LogP contribution in [0.1, 0.15) is 52.0 Å². The summed E-state index contributed by atoms with van der Waals surface area (Å²) in [6.07, 6.45) is 2.50. The molecule has 2 aliphatic rings. The molecule has 4 heteroatoms. The zero-order valence-electron chi connectivity index (χ0n) is 14.3. The molecule has 1 aromatic rings. The molecule has 1 saturated carbocycles. The Morgan fingerprint density at radius 3 is 2.17 bits per heavy atom. The summed E-state index contributed by atoms with van der Waals surface area (Å²) in [4.78, 5) is 13.8. The van der Waals surface area contributed by atoms with Crippen LogP contribution in [0.5, 0.6) is 0 Å². The molecule has 1 amide bonds. The Labute approximate surface area is 137 Å². The van der Waals surface area contributed by atoms with Crippen molar-refractivity contribution in [3.8, 4) is 0 Å². The lowest BCUT2D eigenvalue weighted by Crippen LogP contribution is -2.61. The van der Waals surface area contributed by atoms with Crippen LogP contribution in [-0.4, -0.2) is 29.7 Å². The fourth-order valence-electron chi connectivity index (χ4n) is 3.74. The number of hydrogen-bond donors (Lipinski definition) is 0. The summed E-state index contributed by atoms with van der Waals surface area (Å²) in [7, 11) is 0. The van der Waals surface area contributed by atoms with E-state index < -0.39 is 11.3 Å². The van der Waals surface area contributed by atoms with Crippen LogP contribution in [0.25, 0.3) is 0 Å². The Morgan fingerprint density at radius 2 is 1.65 bits per heavy atom. The molecule has 3 rings (SSSR count). The molecular weight excluding hydrogens is 293 g/mol. The third-order valence-corrected chi connectivity index (χ3v) is 5.10. The van der Waals surface area contributed by atoms with E-state index in [0.29, 0.717) is 25.9 Å². The highest BCUT2D eigenvalue weighted by molar-refractivity contribution is 5.69. The van der Waals surface area contributed by atoms with Crippen molar-refractivity contribution in [3.63, 3.8) is 0 Å². The average Bonchev–Trinajstić information content (AvgIpc) is 2.45.